The van der Waals surface area contributed by atoms with E-state index in [1.807, 2.05) is 32.0 Å². The third-order valence-electron chi connectivity index (χ3n) is 2.59. The molecule has 0 aliphatic heterocycles. The van der Waals surface area contributed by atoms with Crippen LogP contribution in [0.5, 0.6) is 5.88 Å². The zero-order valence-corrected chi connectivity index (χ0v) is 12.8. The average molecular weight is 336 g/mol. The van der Waals surface area contributed by atoms with E-state index in [2.05, 4.69) is 31.2 Å². The number of ether oxygens (including phenoxy) is 1. The summed E-state index contributed by atoms with van der Waals surface area (Å²) in [5.41, 5.74) is 2.61. The number of halogens is 1. The van der Waals surface area contributed by atoms with Crippen molar-refractivity contribution in [2.75, 3.05) is 11.9 Å². The van der Waals surface area contributed by atoms with Crippen LogP contribution in [0, 0.1) is 13.8 Å². The van der Waals surface area contributed by atoms with E-state index in [1.165, 1.54) is 6.33 Å². The number of hydrogen-bond donors (Lipinski definition) is 1. The van der Waals surface area contributed by atoms with Crippen LogP contribution < -0.4 is 10.1 Å². The second-order valence-electron chi connectivity index (χ2n) is 4.30. The fraction of sp³-hybridized carbons (Fsp3) is 0.214. The van der Waals surface area contributed by atoms with Crippen LogP contribution >= 0.6 is 15.9 Å². The average Bonchev–Trinajstić information content (AvgIpc) is 2.41. The third kappa shape index (κ3) is 4.03. The van der Waals surface area contributed by atoms with Crippen LogP contribution in [-0.2, 0) is 4.79 Å². The molecule has 1 amide bonds. The van der Waals surface area contributed by atoms with Crippen LogP contribution in [0.25, 0.3) is 0 Å². The minimum atomic E-state index is -0.239. The lowest BCUT2D eigenvalue weighted by Crippen LogP contribution is -2.20. The van der Waals surface area contributed by atoms with E-state index in [9.17, 15) is 4.79 Å². The summed E-state index contributed by atoms with van der Waals surface area (Å²) < 4.78 is 6.25. The Morgan fingerprint density at radius 3 is 2.80 bits per heavy atom. The minimum absolute atomic E-state index is 0.0953. The van der Waals surface area contributed by atoms with Crippen LogP contribution in [0.3, 0.4) is 0 Å². The lowest BCUT2D eigenvalue weighted by Gasteiger charge is -2.08. The van der Waals surface area contributed by atoms with E-state index in [0.717, 1.165) is 21.4 Å². The van der Waals surface area contributed by atoms with E-state index in [4.69, 9.17) is 4.74 Å². The second kappa shape index (κ2) is 6.47. The fourth-order valence-corrected chi connectivity index (χ4v) is 1.89. The van der Waals surface area contributed by atoms with Crippen molar-refractivity contribution in [1.29, 1.82) is 0 Å². The lowest BCUT2D eigenvalue weighted by atomic mass is 10.2. The number of nitrogens with one attached hydrogen (secondary N) is 1. The molecule has 1 aromatic heterocycles. The van der Waals surface area contributed by atoms with Crippen molar-refractivity contribution < 1.29 is 9.53 Å². The van der Waals surface area contributed by atoms with Crippen molar-refractivity contribution in [3.8, 4) is 5.88 Å². The molecule has 5 nitrogen and oxygen atoms in total. The smallest absolute Gasteiger partial charge is 0.262 e. The summed E-state index contributed by atoms with van der Waals surface area (Å²) >= 11 is 3.42. The third-order valence-corrected chi connectivity index (χ3v) is 3.44. The van der Waals surface area contributed by atoms with E-state index >= 15 is 0 Å². The summed E-state index contributed by atoms with van der Waals surface area (Å²) in [5.74, 6) is 0.148. The number of nitrogens with zero attached hydrogens (tertiary/aromatic N) is 2. The van der Waals surface area contributed by atoms with Crippen molar-refractivity contribution in [2.45, 2.75) is 13.8 Å². The van der Waals surface area contributed by atoms with E-state index < -0.39 is 0 Å². The molecule has 0 atom stereocenters. The number of aromatic nitrogens is 2. The summed E-state index contributed by atoms with van der Waals surface area (Å²) in [6.07, 6.45) is 1.40. The van der Waals surface area contributed by atoms with Crippen molar-refractivity contribution >= 4 is 27.5 Å². The van der Waals surface area contributed by atoms with Gasteiger partial charge in [0.1, 0.15) is 6.33 Å². The Hall–Kier alpha value is -1.95. The highest BCUT2D eigenvalue weighted by molar-refractivity contribution is 9.10. The first kappa shape index (κ1) is 14.5. The summed E-state index contributed by atoms with van der Waals surface area (Å²) in [5, 5.41) is 2.76. The molecule has 0 saturated carbocycles. The highest BCUT2D eigenvalue weighted by Gasteiger charge is 2.06. The molecule has 6 heteroatoms. The molecule has 20 heavy (non-hydrogen) atoms. The van der Waals surface area contributed by atoms with Gasteiger partial charge in [-0.2, -0.15) is 0 Å². The SMILES string of the molecule is Cc1cc(OCC(=O)Nc2ccc(C)c(Br)c2)ncn1. The number of aryl methyl sites for hydroxylation is 2. The minimum Gasteiger partial charge on any atom is -0.467 e. The van der Waals surface area contributed by atoms with Gasteiger partial charge in [0, 0.05) is 21.9 Å². The molecule has 2 rings (SSSR count). The second-order valence-corrected chi connectivity index (χ2v) is 5.15. The van der Waals surface area contributed by atoms with E-state index in [-0.39, 0.29) is 12.5 Å². The maximum Gasteiger partial charge on any atom is 0.262 e. The normalized spacial score (nSPS) is 10.2. The van der Waals surface area contributed by atoms with E-state index in [0.29, 0.717) is 5.88 Å². The molecule has 104 valence electrons. The number of carbonyl (C=O) groups is 1. The van der Waals surface area contributed by atoms with Crippen LogP contribution in [0.4, 0.5) is 5.69 Å². The number of carbonyl (C=O) groups excluding carboxylic acids is 1. The van der Waals surface area contributed by atoms with Crippen LogP contribution in [0.2, 0.25) is 0 Å². The van der Waals surface area contributed by atoms with Gasteiger partial charge >= 0.3 is 0 Å². The molecule has 0 fully saturated rings. The summed E-state index contributed by atoms with van der Waals surface area (Å²) in [7, 11) is 0. The molecule has 0 unspecified atom stereocenters. The first-order valence-corrected chi connectivity index (χ1v) is 6.81. The monoisotopic (exact) mass is 335 g/mol. The molecule has 0 spiro atoms. The van der Waals surface area contributed by atoms with Gasteiger partial charge in [-0.25, -0.2) is 9.97 Å². The van der Waals surface area contributed by atoms with Gasteiger partial charge in [-0.3, -0.25) is 4.79 Å². The van der Waals surface area contributed by atoms with Gasteiger partial charge in [0.15, 0.2) is 6.61 Å². The number of rotatable bonds is 4. The quantitative estimate of drug-likeness (QED) is 0.932. The lowest BCUT2D eigenvalue weighted by molar-refractivity contribution is -0.118. The predicted molar refractivity (Wildman–Crippen MR) is 79.8 cm³/mol. The Kier molecular flexibility index (Phi) is 4.68. The van der Waals surface area contributed by atoms with Crippen molar-refractivity contribution in [1.82, 2.24) is 9.97 Å². The fourth-order valence-electron chi connectivity index (χ4n) is 1.52. The van der Waals surface area contributed by atoms with Gasteiger partial charge in [0.2, 0.25) is 5.88 Å². The molecule has 1 heterocycles. The Balaban J connectivity index is 1.91. The molecule has 1 aromatic carbocycles. The van der Waals surface area contributed by atoms with Crippen molar-refractivity contribution in [2.24, 2.45) is 0 Å². The first-order valence-electron chi connectivity index (χ1n) is 6.02. The molecule has 0 aliphatic rings. The van der Waals surface area contributed by atoms with E-state index in [1.54, 1.807) is 6.07 Å². The molecule has 0 bridgehead atoms. The molecule has 0 saturated heterocycles. The summed E-state index contributed by atoms with van der Waals surface area (Å²) in [6, 6.07) is 7.29. The van der Waals surface area contributed by atoms with Crippen molar-refractivity contribution in [3.63, 3.8) is 0 Å². The maximum absolute atomic E-state index is 11.8. The molecule has 2 aromatic rings. The van der Waals surface area contributed by atoms with Gasteiger partial charge in [0.05, 0.1) is 0 Å². The van der Waals surface area contributed by atoms with Crippen LogP contribution in [0.1, 0.15) is 11.3 Å². The standard InChI is InChI=1S/C14H14BrN3O2/c1-9-3-4-11(6-12(9)15)18-13(19)7-20-14-5-10(2)16-8-17-14/h3-6,8H,7H2,1-2H3,(H,18,19). The van der Waals surface area contributed by atoms with Crippen LogP contribution in [-0.4, -0.2) is 22.5 Å². The van der Waals surface area contributed by atoms with Gasteiger partial charge in [-0.05, 0) is 31.5 Å². The molecule has 0 radical (unpaired) electrons. The van der Waals surface area contributed by atoms with Crippen molar-refractivity contribution in [3.05, 3.63) is 46.3 Å². The molecule has 0 aliphatic carbocycles. The first-order chi connectivity index (χ1) is 9.54. The van der Waals surface area contributed by atoms with Gasteiger partial charge < -0.3 is 10.1 Å². The maximum atomic E-state index is 11.8. The number of benzene rings is 1. The zero-order chi connectivity index (χ0) is 14.5. The highest BCUT2D eigenvalue weighted by atomic mass is 79.9. The molecule has 1 N–H and O–H groups in total. The Morgan fingerprint density at radius 1 is 1.30 bits per heavy atom. The van der Waals surface area contributed by atoms with Gasteiger partial charge in [0.25, 0.3) is 5.91 Å². The number of amides is 1. The topological polar surface area (TPSA) is 64.1 Å². The predicted octanol–water partition coefficient (Wildman–Crippen LogP) is 2.87. The zero-order valence-electron chi connectivity index (χ0n) is 11.2. The largest absolute Gasteiger partial charge is 0.467 e. The Morgan fingerprint density at radius 2 is 2.10 bits per heavy atom. The summed E-state index contributed by atoms with van der Waals surface area (Å²) in [6.45, 7) is 3.72. The number of anilines is 1. The summed E-state index contributed by atoms with van der Waals surface area (Å²) in [4.78, 5) is 19.7. The van der Waals surface area contributed by atoms with Crippen LogP contribution in [0.15, 0.2) is 35.1 Å². The Bertz CT molecular complexity index is 632. The molecular weight excluding hydrogens is 322 g/mol. The van der Waals surface area contributed by atoms with Gasteiger partial charge in [-0.1, -0.05) is 22.0 Å². The molecular formula is C14H14BrN3O2. The van der Waals surface area contributed by atoms with Gasteiger partial charge in [-0.15, -0.1) is 0 Å². The Labute approximate surface area is 125 Å². The highest BCUT2D eigenvalue weighted by Crippen LogP contribution is 2.20. The number of hydrogen-bond acceptors (Lipinski definition) is 4.